The zero-order valence-electron chi connectivity index (χ0n) is 29.7. The predicted molar refractivity (Wildman–Crippen MR) is 194 cm³/mol. The summed E-state index contributed by atoms with van der Waals surface area (Å²) in [6.45, 7) is 12.2. The number of benzene rings is 3. The van der Waals surface area contributed by atoms with Crippen molar-refractivity contribution in [2.45, 2.75) is 84.2 Å². The third kappa shape index (κ3) is 9.54. The summed E-state index contributed by atoms with van der Waals surface area (Å²) in [5.41, 5.74) is 3.48. The molecule has 0 bridgehead atoms. The Kier molecular flexibility index (Phi) is 11.7. The van der Waals surface area contributed by atoms with Crippen LogP contribution in [-0.4, -0.2) is 83.4 Å². The Balaban J connectivity index is 1.21. The molecular weight excluding hydrogens is 635 g/mol. The van der Waals surface area contributed by atoms with Gasteiger partial charge in [-0.25, -0.2) is 9.18 Å². The number of nitrogens with one attached hydrogen (secondary N) is 2. The van der Waals surface area contributed by atoms with Gasteiger partial charge in [0.15, 0.2) is 0 Å². The van der Waals surface area contributed by atoms with Crippen LogP contribution in [0.3, 0.4) is 0 Å². The van der Waals surface area contributed by atoms with E-state index in [0.29, 0.717) is 44.6 Å². The summed E-state index contributed by atoms with van der Waals surface area (Å²) in [5.74, 6) is 5.13. The van der Waals surface area contributed by atoms with E-state index in [1.807, 2.05) is 89.2 Å². The number of carboxylic acids is 1. The number of fused-ring (bicyclic) bond motifs is 1. The molecular formula is C40H49FN4O5. The van der Waals surface area contributed by atoms with E-state index in [2.05, 4.69) is 27.4 Å². The highest BCUT2D eigenvalue weighted by Gasteiger charge is 2.34. The van der Waals surface area contributed by atoms with Crippen molar-refractivity contribution < 1.29 is 28.6 Å². The molecule has 2 saturated heterocycles. The maximum absolute atomic E-state index is 15.1. The van der Waals surface area contributed by atoms with E-state index in [-0.39, 0.29) is 36.4 Å². The summed E-state index contributed by atoms with van der Waals surface area (Å²) in [4.78, 5) is 40.4. The number of amides is 2. The molecule has 0 aliphatic carbocycles. The molecule has 0 saturated carbocycles. The molecule has 9 nitrogen and oxygen atoms in total. The summed E-state index contributed by atoms with van der Waals surface area (Å²) >= 11 is 0. The topological polar surface area (TPSA) is 111 Å². The first kappa shape index (κ1) is 36.7. The minimum Gasteiger partial charge on any atom is -0.481 e. The highest BCUT2D eigenvalue weighted by molar-refractivity contribution is 5.97. The first-order valence-electron chi connectivity index (χ1n) is 17.5. The summed E-state index contributed by atoms with van der Waals surface area (Å²) in [5, 5.41) is 17.4. The molecule has 50 heavy (non-hydrogen) atoms. The largest absolute Gasteiger partial charge is 0.481 e. The SMILES string of the molecule is Cc1ccc(NC2CN(C(=O)OC(C)(C)C)C2)cc1C(=O)N[C@H](C)c1ccc(C#CC2CCN(CCCCC(=O)O)CC2F)c2ccccc12. The second-order valence-corrected chi connectivity index (χ2v) is 14.5. The third-order valence-electron chi connectivity index (χ3n) is 9.29. The molecule has 0 aromatic heterocycles. The van der Waals surface area contributed by atoms with Gasteiger partial charge in [0.05, 0.1) is 18.0 Å². The van der Waals surface area contributed by atoms with Crippen LogP contribution in [0.15, 0.2) is 54.6 Å². The smallest absolute Gasteiger partial charge is 0.410 e. The zero-order valence-corrected chi connectivity index (χ0v) is 29.7. The molecule has 10 heteroatoms. The first-order chi connectivity index (χ1) is 23.8. The van der Waals surface area contributed by atoms with Crippen LogP contribution >= 0.6 is 0 Å². The monoisotopic (exact) mass is 684 g/mol. The van der Waals surface area contributed by atoms with Crippen LogP contribution in [-0.2, 0) is 9.53 Å². The van der Waals surface area contributed by atoms with Crippen molar-refractivity contribution in [3.8, 4) is 11.8 Å². The second-order valence-electron chi connectivity index (χ2n) is 14.5. The highest BCUT2D eigenvalue weighted by atomic mass is 19.1. The van der Waals surface area contributed by atoms with E-state index in [1.54, 1.807) is 4.90 Å². The number of hydrogen-bond acceptors (Lipinski definition) is 6. The summed E-state index contributed by atoms with van der Waals surface area (Å²) in [6, 6.07) is 17.4. The Morgan fingerprint density at radius 1 is 1.04 bits per heavy atom. The molecule has 2 aliphatic heterocycles. The molecule has 3 aromatic rings. The maximum atomic E-state index is 15.1. The van der Waals surface area contributed by atoms with Gasteiger partial charge in [0, 0.05) is 42.9 Å². The molecule has 2 fully saturated rings. The molecule has 3 aromatic carbocycles. The van der Waals surface area contributed by atoms with Crippen molar-refractivity contribution in [2.75, 3.05) is 38.0 Å². The van der Waals surface area contributed by atoms with Gasteiger partial charge in [-0.15, -0.1) is 0 Å². The number of carboxylic acid groups (broad SMARTS) is 1. The lowest BCUT2D eigenvalue weighted by molar-refractivity contribution is -0.137. The van der Waals surface area contributed by atoms with Crippen LogP contribution < -0.4 is 10.6 Å². The number of piperidine rings is 1. The van der Waals surface area contributed by atoms with Crippen LogP contribution in [0.5, 0.6) is 0 Å². The number of hydrogen-bond donors (Lipinski definition) is 3. The fourth-order valence-corrected chi connectivity index (χ4v) is 6.51. The lowest BCUT2D eigenvalue weighted by atomic mass is 9.93. The summed E-state index contributed by atoms with van der Waals surface area (Å²) < 4.78 is 20.6. The fraction of sp³-hybridized carbons (Fsp3) is 0.475. The number of alkyl halides is 1. The van der Waals surface area contributed by atoms with Gasteiger partial charge in [-0.3, -0.25) is 9.59 Å². The van der Waals surface area contributed by atoms with Crippen LogP contribution in [0.25, 0.3) is 10.8 Å². The van der Waals surface area contributed by atoms with E-state index >= 15 is 4.39 Å². The molecule has 2 heterocycles. The standard InChI is InChI=1S/C40H49FN4O5/c1-26-13-17-30(43-31-23-45(24-31)39(49)50-40(3,4)5)22-35(26)38(48)42-27(2)32-18-16-28(33-10-6-7-11-34(32)33)14-15-29-19-21-44(25-36(29)41)20-9-8-12-37(46)47/h6-7,10-11,13,16-18,22,27,29,31,36,43H,8-9,12,19-21,23-25H2,1-5H3,(H,42,48)(H,46,47)/t27-,29?,36?/m1/s1. The van der Waals surface area contributed by atoms with Crippen molar-refractivity contribution in [2.24, 2.45) is 5.92 Å². The zero-order chi connectivity index (χ0) is 36.0. The Bertz CT molecular complexity index is 1770. The Labute approximate surface area is 294 Å². The van der Waals surface area contributed by atoms with Crippen molar-refractivity contribution >= 4 is 34.4 Å². The summed E-state index contributed by atoms with van der Waals surface area (Å²) in [7, 11) is 0. The van der Waals surface area contributed by atoms with E-state index in [0.717, 1.165) is 46.1 Å². The molecule has 2 amide bonds. The van der Waals surface area contributed by atoms with Gasteiger partial charge < -0.3 is 30.3 Å². The van der Waals surface area contributed by atoms with Gasteiger partial charge >= 0.3 is 12.1 Å². The van der Waals surface area contributed by atoms with Gasteiger partial charge in [0.2, 0.25) is 0 Å². The van der Waals surface area contributed by atoms with Crippen LogP contribution in [0.4, 0.5) is 14.9 Å². The molecule has 0 spiro atoms. The lowest BCUT2D eigenvalue weighted by Crippen LogP contribution is -2.57. The third-order valence-corrected chi connectivity index (χ3v) is 9.29. The van der Waals surface area contributed by atoms with Crippen molar-refractivity contribution in [3.63, 3.8) is 0 Å². The van der Waals surface area contributed by atoms with Gasteiger partial charge in [0.25, 0.3) is 5.91 Å². The number of unbranched alkanes of at least 4 members (excludes halogenated alkanes) is 1. The number of aliphatic carboxylic acids is 1. The highest BCUT2D eigenvalue weighted by Crippen LogP contribution is 2.29. The van der Waals surface area contributed by atoms with Crippen LogP contribution in [0.1, 0.15) is 86.5 Å². The van der Waals surface area contributed by atoms with E-state index in [4.69, 9.17) is 9.84 Å². The van der Waals surface area contributed by atoms with Gasteiger partial charge in [-0.05, 0) is 107 Å². The number of ether oxygens (including phenoxy) is 1. The average molecular weight is 685 g/mol. The van der Waals surface area contributed by atoms with E-state index < -0.39 is 17.7 Å². The lowest BCUT2D eigenvalue weighted by Gasteiger charge is -2.40. The Hall–Kier alpha value is -4.62. The Morgan fingerprint density at radius 3 is 2.48 bits per heavy atom. The second kappa shape index (κ2) is 15.9. The minimum absolute atomic E-state index is 0.0680. The number of halogens is 1. The molecule has 5 rings (SSSR count). The van der Waals surface area contributed by atoms with E-state index in [9.17, 15) is 14.4 Å². The van der Waals surface area contributed by atoms with Crippen molar-refractivity contribution in [1.29, 1.82) is 0 Å². The van der Waals surface area contributed by atoms with Crippen molar-refractivity contribution in [1.82, 2.24) is 15.1 Å². The number of rotatable bonds is 10. The molecule has 2 aliphatic rings. The number of nitrogens with zero attached hydrogens (tertiary/aromatic N) is 2. The number of carbonyl (C=O) groups is 3. The molecule has 0 radical (unpaired) electrons. The van der Waals surface area contributed by atoms with E-state index in [1.165, 1.54) is 0 Å². The molecule has 266 valence electrons. The van der Waals surface area contributed by atoms with Gasteiger partial charge in [-0.1, -0.05) is 48.2 Å². The minimum atomic E-state index is -1.06. The normalized spacial score (nSPS) is 18.8. The number of likely N-dealkylation sites (tertiary alicyclic amines) is 2. The van der Waals surface area contributed by atoms with Crippen LogP contribution in [0.2, 0.25) is 0 Å². The van der Waals surface area contributed by atoms with Gasteiger partial charge in [-0.2, -0.15) is 0 Å². The van der Waals surface area contributed by atoms with Gasteiger partial charge in [0.1, 0.15) is 11.8 Å². The number of carbonyl (C=O) groups excluding carboxylic acids is 2. The number of anilines is 1. The average Bonchev–Trinajstić information content (AvgIpc) is 3.03. The molecule has 2 unspecified atom stereocenters. The fourth-order valence-electron chi connectivity index (χ4n) is 6.51. The Morgan fingerprint density at radius 2 is 1.78 bits per heavy atom. The first-order valence-corrected chi connectivity index (χ1v) is 17.5. The number of aryl methyl sites for hydroxylation is 1. The molecule has 3 N–H and O–H groups in total. The maximum Gasteiger partial charge on any atom is 0.410 e. The van der Waals surface area contributed by atoms with Crippen molar-refractivity contribution in [3.05, 3.63) is 76.9 Å². The quantitative estimate of drug-likeness (QED) is 0.157. The van der Waals surface area contributed by atoms with Crippen LogP contribution in [0, 0.1) is 24.7 Å². The molecule has 3 atom stereocenters. The predicted octanol–water partition coefficient (Wildman–Crippen LogP) is 6.94. The summed E-state index contributed by atoms with van der Waals surface area (Å²) in [6.07, 6.45) is 0.733.